The zero-order chi connectivity index (χ0) is 18.1. The number of amides is 1. The summed E-state index contributed by atoms with van der Waals surface area (Å²) in [5, 5.41) is 11.7. The number of anilines is 1. The van der Waals surface area contributed by atoms with E-state index in [1.165, 1.54) is 4.68 Å². The molecule has 0 radical (unpaired) electrons. The molecule has 0 saturated heterocycles. The number of hydrogen-bond donors (Lipinski definition) is 1. The summed E-state index contributed by atoms with van der Waals surface area (Å²) in [7, 11) is 0. The Bertz CT molecular complexity index is 1000. The first-order valence-corrected chi connectivity index (χ1v) is 8.16. The number of carbonyl (C=O) groups is 1. The van der Waals surface area contributed by atoms with Crippen molar-refractivity contribution in [3.05, 3.63) is 51.6 Å². The molecule has 0 aliphatic heterocycles. The molecular weight excluding hydrogens is 320 g/mol. The van der Waals surface area contributed by atoms with Crippen molar-refractivity contribution in [3.63, 3.8) is 0 Å². The molecule has 0 bridgehead atoms. The van der Waals surface area contributed by atoms with Gasteiger partial charge in [0.15, 0.2) is 5.52 Å². The average molecular weight is 340 g/mol. The van der Waals surface area contributed by atoms with Gasteiger partial charge < -0.3 is 9.84 Å². The number of aryl methyl sites for hydroxylation is 3. The molecule has 0 aliphatic carbocycles. The summed E-state index contributed by atoms with van der Waals surface area (Å²) in [6.45, 7) is 7.25. The highest BCUT2D eigenvalue weighted by Crippen LogP contribution is 2.20. The summed E-state index contributed by atoms with van der Waals surface area (Å²) < 4.78 is 6.31. The van der Waals surface area contributed by atoms with Crippen LogP contribution in [0.25, 0.3) is 10.9 Å². The van der Waals surface area contributed by atoms with E-state index in [-0.39, 0.29) is 11.4 Å². The van der Waals surface area contributed by atoms with Crippen molar-refractivity contribution in [2.75, 3.05) is 5.32 Å². The van der Waals surface area contributed by atoms with Gasteiger partial charge in [-0.1, -0.05) is 30.3 Å². The van der Waals surface area contributed by atoms with Crippen molar-refractivity contribution in [3.8, 4) is 0 Å². The molecule has 0 fully saturated rings. The highest BCUT2D eigenvalue weighted by atomic mass is 16.5. The van der Waals surface area contributed by atoms with E-state index in [2.05, 4.69) is 15.6 Å². The first kappa shape index (κ1) is 16.9. The molecule has 7 nitrogen and oxygen atoms in total. The fraction of sp³-hybridized carbons (Fsp3) is 0.333. The van der Waals surface area contributed by atoms with Crippen LogP contribution in [-0.2, 0) is 4.79 Å². The second-order valence-corrected chi connectivity index (χ2v) is 6.03. The lowest BCUT2D eigenvalue weighted by Crippen LogP contribution is -2.35. The quantitative estimate of drug-likeness (QED) is 0.788. The molecule has 2 heterocycles. The van der Waals surface area contributed by atoms with E-state index in [0.29, 0.717) is 28.9 Å². The minimum absolute atomic E-state index is 0.201. The number of nitrogens with one attached hydrogen (secondary N) is 1. The van der Waals surface area contributed by atoms with Gasteiger partial charge in [-0.3, -0.25) is 9.59 Å². The molecule has 0 spiro atoms. The Morgan fingerprint density at radius 2 is 2.00 bits per heavy atom. The Labute approximate surface area is 144 Å². The monoisotopic (exact) mass is 340 g/mol. The molecule has 1 atom stereocenters. The van der Waals surface area contributed by atoms with E-state index in [9.17, 15) is 9.59 Å². The highest BCUT2D eigenvalue weighted by molar-refractivity contribution is 5.94. The predicted molar refractivity (Wildman–Crippen MR) is 94.7 cm³/mol. The van der Waals surface area contributed by atoms with E-state index >= 15 is 0 Å². The van der Waals surface area contributed by atoms with Crippen molar-refractivity contribution in [2.24, 2.45) is 0 Å². The second kappa shape index (κ2) is 6.51. The molecule has 130 valence electrons. The fourth-order valence-electron chi connectivity index (χ4n) is 2.92. The molecule has 1 amide bonds. The lowest BCUT2D eigenvalue weighted by molar-refractivity contribution is -0.119. The van der Waals surface area contributed by atoms with Gasteiger partial charge in [-0.2, -0.15) is 5.10 Å². The third kappa shape index (κ3) is 2.93. The van der Waals surface area contributed by atoms with Crippen LogP contribution in [-0.4, -0.2) is 20.8 Å². The van der Waals surface area contributed by atoms with Gasteiger partial charge in [0.1, 0.15) is 11.8 Å². The van der Waals surface area contributed by atoms with Crippen LogP contribution in [0.15, 0.2) is 33.6 Å². The summed E-state index contributed by atoms with van der Waals surface area (Å²) in [6, 6.07) is 6.76. The standard InChI is InChI=1S/C18H20N4O3/c1-5-14(17(23)19-13-9-7-6-8-10(13)2)22-18(24)16-15(11(3)20-22)12(4)25-21-16/h6-9,14H,5H2,1-4H3,(H,19,23)/t14-/m1/s1. The smallest absolute Gasteiger partial charge is 0.297 e. The number of aromatic nitrogens is 3. The normalized spacial score (nSPS) is 12.3. The zero-order valence-electron chi connectivity index (χ0n) is 14.7. The van der Waals surface area contributed by atoms with Crippen LogP contribution in [0.5, 0.6) is 0 Å². The van der Waals surface area contributed by atoms with Gasteiger partial charge in [0.2, 0.25) is 5.91 Å². The molecule has 1 aromatic carbocycles. The van der Waals surface area contributed by atoms with Gasteiger partial charge in [0.25, 0.3) is 5.56 Å². The Morgan fingerprint density at radius 1 is 1.28 bits per heavy atom. The van der Waals surface area contributed by atoms with Gasteiger partial charge in [0, 0.05) is 5.69 Å². The van der Waals surface area contributed by atoms with Crippen molar-refractivity contribution in [1.82, 2.24) is 14.9 Å². The molecule has 2 aromatic heterocycles. The maximum Gasteiger partial charge on any atom is 0.297 e. The number of rotatable bonds is 4. The van der Waals surface area contributed by atoms with Crippen molar-refractivity contribution < 1.29 is 9.32 Å². The maximum absolute atomic E-state index is 12.7. The van der Waals surface area contributed by atoms with Crippen molar-refractivity contribution >= 4 is 22.5 Å². The Hall–Kier alpha value is -2.96. The van der Waals surface area contributed by atoms with E-state index in [4.69, 9.17) is 4.52 Å². The summed E-state index contributed by atoms with van der Waals surface area (Å²) in [5.74, 6) is 0.257. The van der Waals surface area contributed by atoms with Crippen LogP contribution >= 0.6 is 0 Å². The lowest BCUT2D eigenvalue weighted by Gasteiger charge is -2.18. The Morgan fingerprint density at radius 3 is 2.68 bits per heavy atom. The fourth-order valence-corrected chi connectivity index (χ4v) is 2.92. The van der Waals surface area contributed by atoms with Crippen LogP contribution in [0.1, 0.15) is 36.4 Å². The number of carbonyl (C=O) groups excluding carboxylic acids is 1. The van der Waals surface area contributed by atoms with Crippen LogP contribution < -0.4 is 10.9 Å². The molecule has 3 aromatic rings. The number of fused-ring (bicyclic) bond motifs is 1. The van der Waals surface area contributed by atoms with Crippen LogP contribution in [0.4, 0.5) is 5.69 Å². The van der Waals surface area contributed by atoms with Gasteiger partial charge in [-0.25, -0.2) is 4.68 Å². The number of benzene rings is 1. The van der Waals surface area contributed by atoms with E-state index in [1.54, 1.807) is 13.8 Å². The number of para-hydroxylation sites is 1. The number of hydrogen-bond acceptors (Lipinski definition) is 5. The van der Waals surface area contributed by atoms with Gasteiger partial charge in [0.05, 0.1) is 11.1 Å². The predicted octanol–water partition coefficient (Wildman–Crippen LogP) is 2.90. The van der Waals surface area contributed by atoms with Gasteiger partial charge in [-0.15, -0.1) is 0 Å². The zero-order valence-corrected chi connectivity index (χ0v) is 14.7. The molecule has 7 heteroatoms. The molecule has 3 rings (SSSR count). The first-order chi connectivity index (χ1) is 11.9. The van der Waals surface area contributed by atoms with Crippen LogP contribution in [0.2, 0.25) is 0 Å². The molecular formula is C18H20N4O3. The average Bonchev–Trinajstić information content (AvgIpc) is 2.97. The minimum atomic E-state index is -0.729. The SMILES string of the molecule is CC[C@H](C(=O)Nc1ccccc1C)n1nc(C)c2c(C)onc2c1=O. The summed E-state index contributed by atoms with van der Waals surface area (Å²) in [4.78, 5) is 25.5. The summed E-state index contributed by atoms with van der Waals surface area (Å²) in [6.07, 6.45) is 0.423. The third-order valence-electron chi connectivity index (χ3n) is 4.28. The summed E-state index contributed by atoms with van der Waals surface area (Å²) in [5.41, 5.74) is 2.05. The molecule has 0 aliphatic rings. The first-order valence-electron chi connectivity index (χ1n) is 8.16. The maximum atomic E-state index is 12.7. The second-order valence-electron chi connectivity index (χ2n) is 6.03. The Kier molecular flexibility index (Phi) is 4.39. The molecule has 25 heavy (non-hydrogen) atoms. The van der Waals surface area contributed by atoms with E-state index in [1.807, 2.05) is 38.1 Å². The van der Waals surface area contributed by atoms with Crippen LogP contribution in [0, 0.1) is 20.8 Å². The highest BCUT2D eigenvalue weighted by Gasteiger charge is 2.25. The van der Waals surface area contributed by atoms with Gasteiger partial charge in [-0.05, 0) is 38.8 Å². The van der Waals surface area contributed by atoms with E-state index in [0.717, 1.165) is 5.56 Å². The topological polar surface area (TPSA) is 90.0 Å². The molecule has 0 unspecified atom stereocenters. The molecule has 1 N–H and O–H groups in total. The lowest BCUT2D eigenvalue weighted by atomic mass is 10.1. The Balaban J connectivity index is 2.02. The number of nitrogens with zero attached hydrogens (tertiary/aromatic N) is 3. The summed E-state index contributed by atoms with van der Waals surface area (Å²) >= 11 is 0. The van der Waals surface area contributed by atoms with Crippen LogP contribution in [0.3, 0.4) is 0 Å². The molecule has 0 saturated carbocycles. The third-order valence-corrected chi connectivity index (χ3v) is 4.28. The van der Waals surface area contributed by atoms with E-state index < -0.39 is 11.6 Å². The van der Waals surface area contributed by atoms with Crippen molar-refractivity contribution in [2.45, 2.75) is 40.2 Å². The van der Waals surface area contributed by atoms with Gasteiger partial charge >= 0.3 is 0 Å². The van der Waals surface area contributed by atoms with Crippen molar-refractivity contribution in [1.29, 1.82) is 0 Å². The minimum Gasteiger partial charge on any atom is -0.360 e. The largest absolute Gasteiger partial charge is 0.360 e.